The molecular weight excluding hydrogens is 284 g/mol. The van der Waals surface area contributed by atoms with Gasteiger partial charge in [-0.05, 0) is 20.8 Å². The molecule has 1 amide bonds. The van der Waals surface area contributed by atoms with Gasteiger partial charge < -0.3 is 19.3 Å². The molecule has 0 aromatic rings. The maximum Gasteiger partial charge on any atom is 0.410 e. The number of piperidine rings is 1. The number of ketones is 1. The van der Waals surface area contributed by atoms with E-state index in [4.69, 9.17) is 9.47 Å². The van der Waals surface area contributed by atoms with E-state index in [-0.39, 0.29) is 11.9 Å². The average Bonchev–Trinajstić information content (AvgIpc) is 2.67. The van der Waals surface area contributed by atoms with Crippen LogP contribution in [0.5, 0.6) is 0 Å². The fourth-order valence-electron chi connectivity index (χ4n) is 2.80. The number of Topliss-reactive ketones (excluding diaryl/α,β-unsaturated/α-hetero) is 1. The van der Waals surface area contributed by atoms with E-state index in [0.717, 1.165) is 0 Å². The van der Waals surface area contributed by atoms with Gasteiger partial charge in [-0.1, -0.05) is 0 Å². The summed E-state index contributed by atoms with van der Waals surface area (Å²) < 4.78 is 11.2. The average molecular weight is 310 g/mol. The van der Waals surface area contributed by atoms with Crippen molar-refractivity contribution >= 4 is 11.9 Å². The van der Waals surface area contributed by atoms with Crippen molar-refractivity contribution in [2.75, 3.05) is 33.8 Å². The summed E-state index contributed by atoms with van der Waals surface area (Å²) in [6.45, 7) is 6.85. The minimum absolute atomic E-state index is 0.0602. The molecular formula is C16H26N2O4. The van der Waals surface area contributed by atoms with Gasteiger partial charge >= 0.3 is 6.09 Å². The van der Waals surface area contributed by atoms with Crippen molar-refractivity contribution in [2.24, 2.45) is 0 Å². The lowest BCUT2D eigenvalue weighted by Crippen LogP contribution is -2.50. The van der Waals surface area contributed by atoms with Crippen LogP contribution in [-0.2, 0) is 14.3 Å². The van der Waals surface area contributed by atoms with Gasteiger partial charge in [0.1, 0.15) is 11.2 Å². The lowest BCUT2D eigenvalue weighted by molar-refractivity contribution is -0.135. The molecule has 2 aliphatic heterocycles. The fraction of sp³-hybridized carbons (Fsp3) is 0.750. The third-order valence-corrected chi connectivity index (χ3v) is 3.85. The van der Waals surface area contributed by atoms with Crippen molar-refractivity contribution in [3.63, 3.8) is 0 Å². The quantitative estimate of drug-likeness (QED) is 0.691. The van der Waals surface area contributed by atoms with E-state index >= 15 is 0 Å². The number of carbonyl (C=O) groups excluding carboxylic acids is 2. The molecule has 0 atom stereocenters. The molecule has 124 valence electrons. The fourth-order valence-corrected chi connectivity index (χ4v) is 2.80. The van der Waals surface area contributed by atoms with E-state index in [1.165, 1.54) is 0 Å². The van der Waals surface area contributed by atoms with Crippen molar-refractivity contribution < 1.29 is 19.1 Å². The molecule has 22 heavy (non-hydrogen) atoms. The molecule has 2 heterocycles. The molecule has 6 nitrogen and oxygen atoms in total. The Bertz CT molecular complexity index is 483. The number of ether oxygens (including phenoxy) is 2. The lowest BCUT2D eigenvalue weighted by Gasteiger charge is -2.37. The highest BCUT2D eigenvalue weighted by atomic mass is 16.6. The summed E-state index contributed by atoms with van der Waals surface area (Å²) in [5.41, 5.74) is -0.552. The Balaban J connectivity index is 1.98. The number of hydrogen-bond acceptors (Lipinski definition) is 5. The van der Waals surface area contributed by atoms with Crippen LogP contribution in [0.1, 0.15) is 33.6 Å². The molecule has 0 saturated carbocycles. The highest BCUT2D eigenvalue weighted by molar-refractivity contribution is 6.04. The Morgan fingerprint density at radius 3 is 2.41 bits per heavy atom. The van der Waals surface area contributed by atoms with Crippen molar-refractivity contribution in [3.8, 4) is 0 Å². The van der Waals surface area contributed by atoms with E-state index in [1.54, 1.807) is 4.90 Å². The van der Waals surface area contributed by atoms with Crippen LogP contribution in [0.4, 0.5) is 4.79 Å². The first kappa shape index (κ1) is 16.8. The standard InChI is InChI=1S/C16H26N2O4/c1-15(2,3)22-14(20)18-8-6-16(7-9-18)13(19)12(11-21-16)10-17(4)5/h10H,6-9,11H2,1-5H3/b12-10+. The summed E-state index contributed by atoms with van der Waals surface area (Å²) in [6.07, 6.45) is 2.54. The minimum Gasteiger partial charge on any atom is -0.444 e. The van der Waals surface area contributed by atoms with Crippen molar-refractivity contribution in [2.45, 2.75) is 44.8 Å². The SMILES string of the molecule is CN(C)/C=C1\COC2(CCN(C(=O)OC(C)(C)C)CC2)C1=O. The van der Waals surface area contributed by atoms with Crippen molar-refractivity contribution in [1.82, 2.24) is 9.80 Å². The zero-order chi connectivity index (χ0) is 16.5. The molecule has 2 fully saturated rings. The molecule has 1 spiro atoms. The van der Waals surface area contributed by atoms with Crippen LogP contribution in [0.2, 0.25) is 0 Å². The van der Waals surface area contributed by atoms with E-state index in [9.17, 15) is 9.59 Å². The van der Waals surface area contributed by atoms with Gasteiger partial charge in [-0.3, -0.25) is 4.79 Å². The third-order valence-electron chi connectivity index (χ3n) is 3.85. The maximum absolute atomic E-state index is 12.6. The predicted molar refractivity (Wildman–Crippen MR) is 82.5 cm³/mol. The van der Waals surface area contributed by atoms with Crippen LogP contribution in [0.15, 0.2) is 11.8 Å². The van der Waals surface area contributed by atoms with Crippen LogP contribution >= 0.6 is 0 Å². The predicted octanol–water partition coefficient (Wildman–Crippen LogP) is 1.80. The Morgan fingerprint density at radius 1 is 1.32 bits per heavy atom. The summed E-state index contributed by atoms with van der Waals surface area (Å²) in [6, 6.07) is 0. The normalized spacial score (nSPS) is 23.2. The first-order chi connectivity index (χ1) is 10.1. The van der Waals surface area contributed by atoms with Crippen molar-refractivity contribution in [3.05, 3.63) is 11.8 Å². The highest BCUT2D eigenvalue weighted by Gasteiger charge is 2.49. The molecule has 0 bridgehead atoms. The summed E-state index contributed by atoms with van der Waals surface area (Å²) in [7, 11) is 3.77. The lowest BCUT2D eigenvalue weighted by atomic mass is 9.86. The van der Waals surface area contributed by atoms with Crippen LogP contribution in [0.3, 0.4) is 0 Å². The molecule has 0 unspecified atom stereocenters. The summed E-state index contributed by atoms with van der Waals surface area (Å²) >= 11 is 0. The number of amides is 1. The van der Waals surface area contributed by atoms with Gasteiger partial charge in [0, 0.05) is 51.8 Å². The maximum atomic E-state index is 12.6. The second kappa shape index (κ2) is 5.91. The number of nitrogens with zero attached hydrogens (tertiary/aromatic N) is 2. The molecule has 0 aromatic carbocycles. The summed E-state index contributed by atoms with van der Waals surface area (Å²) in [5, 5.41) is 0. The molecule has 2 rings (SSSR count). The van der Waals surface area contributed by atoms with E-state index < -0.39 is 11.2 Å². The van der Waals surface area contributed by atoms with Crippen LogP contribution in [0, 0.1) is 0 Å². The first-order valence-corrected chi connectivity index (χ1v) is 7.67. The van der Waals surface area contributed by atoms with Gasteiger partial charge in [-0.25, -0.2) is 4.79 Å². The summed E-state index contributed by atoms with van der Waals surface area (Å²) in [5.74, 6) is 0.0602. The van der Waals surface area contributed by atoms with E-state index in [0.29, 0.717) is 38.1 Å². The zero-order valence-electron chi connectivity index (χ0n) is 14.1. The molecule has 0 radical (unpaired) electrons. The third kappa shape index (κ3) is 3.61. The molecule has 6 heteroatoms. The van der Waals surface area contributed by atoms with E-state index in [1.807, 2.05) is 46.0 Å². The topological polar surface area (TPSA) is 59.1 Å². The van der Waals surface area contributed by atoms with Gasteiger partial charge in [-0.15, -0.1) is 0 Å². The van der Waals surface area contributed by atoms with Crippen molar-refractivity contribution in [1.29, 1.82) is 0 Å². The van der Waals surface area contributed by atoms with Gasteiger partial charge in [-0.2, -0.15) is 0 Å². The smallest absolute Gasteiger partial charge is 0.410 e. The minimum atomic E-state index is -0.750. The molecule has 0 aliphatic carbocycles. The summed E-state index contributed by atoms with van der Waals surface area (Å²) in [4.78, 5) is 28.1. The van der Waals surface area contributed by atoms with Crippen LogP contribution < -0.4 is 0 Å². The largest absolute Gasteiger partial charge is 0.444 e. The number of hydrogen-bond donors (Lipinski definition) is 0. The Hall–Kier alpha value is -1.56. The zero-order valence-corrected chi connectivity index (χ0v) is 14.1. The molecule has 2 aliphatic rings. The number of likely N-dealkylation sites (tertiary alicyclic amines) is 1. The molecule has 0 aromatic heterocycles. The Labute approximate surface area is 132 Å². The van der Waals surface area contributed by atoms with E-state index in [2.05, 4.69) is 0 Å². The highest BCUT2D eigenvalue weighted by Crippen LogP contribution is 2.35. The van der Waals surface area contributed by atoms with Gasteiger partial charge in [0.15, 0.2) is 5.78 Å². The Kier molecular flexibility index (Phi) is 4.52. The monoisotopic (exact) mass is 310 g/mol. The first-order valence-electron chi connectivity index (χ1n) is 7.67. The second-order valence-electron chi connectivity index (χ2n) is 7.20. The van der Waals surface area contributed by atoms with Gasteiger partial charge in [0.2, 0.25) is 0 Å². The molecule has 2 saturated heterocycles. The number of carbonyl (C=O) groups is 2. The van der Waals surface area contributed by atoms with Gasteiger partial charge in [0.05, 0.1) is 6.61 Å². The van der Waals surface area contributed by atoms with Crippen LogP contribution in [-0.4, -0.2) is 66.7 Å². The second-order valence-corrected chi connectivity index (χ2v) is 7.20. The van der Waals surface area contributed by atoms with Crippen LogP contribution in [0.25, 0.3) is 0 Å². The molecule has 0 N–H and O–H groups in total. The number of rotatable bonds is 1. The Morgan fingerprint density at radius 2 is 1.91 bits per heavy atom. The van der Waals surface area contributed by atoms with Gasteiger partial charge in [0.25, 0.3) is 0 Å².